The van der Waals surface area contributed by atoms with E-state index in [1.807, 2.05) is 0 Å². The minimum Gasteiger partial charge on any atom is -0.231 e. The first-order chi connectivity index (χ1) is 6.59. The zero-order chi connectivity index (χ0) is 11.0. The van der Waals surface area contributed by atoms with Crippen molar-refractivity contribution < 1.29 is 16.8 Å². The van der Waals surface area contributed by atoms with Gasteiger partial charge in [-0.1, -0.05) is 39.0 Å². The molecule has 14 heavy (non-hydrogen) atoms. The molecule has 0 saturated carbocycles. The van der Waals surface area contributed by atoms with Crippen LogP contribution in [0, 0.1) is 0 Å². The number of rotatable bonds is 8. The molecule has 6 heteroatoms. The van der Waals surface area contributed by atoms with E-state index in [2.05, 4.69) is 6.92 Å². The maximum absolute atomic E-state index is 10.5. The second kappa shape index (κ2) is 8.23. The van der Waals surface area contributed by atoms with Gasteiger partial charge in [-0.05, 0) is 6.42 Å². The van der Waals surface area contributed by atoms with E-state index in [-0.39, 0.29) is 6.42 Å². The number of hydrogen-bond donors (Lipinski definition) is 2. The van der Waals surface area contributed by atoms with Crippen molar-refractivity contribution in [3.63, 3.8) is 0 Å². The van der Waals surface area contributed by atoms with Crippen molar-refractivity contribution in [1.29, 1.82) is 0 Å². The lowest BCUT2D eigenvalue weighted by Crippen LogP contribution is -2.11. The Morgan fingerprint density at radius 1 is 0.857 bits per heavy atom. The van der Waals surface area contributed by atoms with Crippen molar-refractivity contribution in [2.24, 2.45) is 0 Å². The molecule has 0 N–H and O–H groups in total. The molecule has 0 aromatic rings. The van der Waals surface area contributed by atoms with Crippen molar-refractivity contribution in [3.05, 3.63) is 0 Å². The molecule has 0 atom stereocenters. The lowest BCUT2D eigenvalue weighted by atomic mass is 10.1. The minimum atomic E-state index is -2.82. The molecule has 0 rings (SSSR count). The van der Waals surface area contributed by atoms with Gasteiger partial charge in [0.25, 0.3) is 0 Å². The molecule has 0 saturated heterocycles. The molecular formula is C8H18O4S2. The van der Waals surface area contributed by atoms with E-state index in [1.165, 1.54) is 0 Å². The monoisotopic (exact) mass is 242 g/mol. The summed E-state index contributed by atoms with van der Waals surface area (Å²) in [6.45, 7) is 2.09. The standard InChI is InChI=1S/C8H18O4S2/c1-2-3-4-5-6-7-8(13(9)10)14(11)12/h8,13-14H,2-7H2,1H3. The van der Waals surface area contributed by atoms with E-state index in [0.717, 1.165) is 25.7 Å². The normalized spacial score (nSPS) is 11.7. The van der Waals surface area contributed by atoms with Crippen LogP contribution in [0.2, 0.25) is 0 Å². The van der Waals surface area contributed by atoms with Crippen LogP contribution in [0.4, 0.5) is 0 Å². The molecule has 0 aliphatic rings. The van der Waals surface area contributed by atoms with Crippen molar-refractivity contribution >= 4 is 21.4 Å². The maximum Gasteiger partial charge on any atom is 0.157 e. The Bertz CT molecular complexity index is 243. The molecule has 0 heterocycles. The van der Waals surface area contributed by atoms with Gasteiger partial charge >= 0.3 is 0 Å². The molecule has 4 nitrogen and oxygen atoms in total. The van der Waals surface area contributed by atoms with Crippen LogP contribution in [0.3, 0.4) is 0 Å². The van der Waals surface area contributed by atoms with Gasteiger partial charge in [0.15, 0.2) is 26.0 Å². The molecule has 0 amide bonds. The summed E-state index contributed by atoms with van der Waals surface area (Å²) in [6, 6.07) is 0. The summed E-state index contributed by atoms with van der Waals surface area (Å²) in [5, 5.41) is 0. The SMILES string of the molecule is CCCCCCCC([SH](=O)=O)[SH](=O)=O. The van der Waals surface area contributed by atoms with Gasteiger partial charge in [0.05, 0.1) is 0 Å². The lowest BCUT2D eigenvalue weighted by Gasteiger charge is -2.02. The fraction of sp³-hybridized carbons (Fsp3) is 1.00. The molecule has 0 aliphatic heterocycles. The Hall–Kier alpha value is -0.100. The van der Waals surface area contributed by atoms with E-state index in [0.29, 0.717) is 6.42 Å². The van der Waals surface area contributed by atoms with E-state index >= 15 is 0 Å². The molecule has 0 unspecified atom stereocenters. The molecule has 0 bridgehead atoms. The molecule has 0 radical (unpaired) electrons. The number of unbranched alkanes of at least 4 members (excludes halogenated alkanes) is 4. The molecule has 0 aliphatic carbocycles. The largest absolute Gasteiger partial charge is 0.231 e. The van der Waals surface area contributed by atoms with E-state index < -0.39 is 26.0 Å². The molecular weight excluding hydrogens is 224 g/mol. The zero-order valence-corrected chi connectivity index (χ0v) is 10.1. The smallest absolute Gasteiger partial charge is 0.157 e. The fourth-order valence-electron chi connectivity index (χ4n) is 1.22. The van der Waals surface area contributed by atoms with Gasteiger partial charge in [-0.25, -0.2) is 16.8 Å². The van der Waals surface area contributed by atoms with E-state index in [4.69, 9.17) is 0 Å². The Morgan fingerprint density at radius 2 is 1.36 bits per heavy atom. The van der Waals surface area contributed by atoms with E-state index in [1.54, 1.807) is 0 Å². The van der Waals surface area contributed by atoms with Crippen LogP contribution in [-0.2, 0) is 21.4 Å². The first-order valence-electron chi connectivity index (χ1n) is 4.86. The summed E-state index contributed by atoms with van der Waals surface area (Å²) >= 11 is 0. The number of hydrogen-bond acceptors (Lipinski definition) is 4. The van der Waals surface area contributed by atoms with Gasteiger partial charge in [-0.2, -0.15) is 0 Å². The van der Waals surface area contributed by atoms with Crippen LogP contribution in [0.25, 0.3) is 0 Å². The predicted molar refractivity (Wildman–Crippen MR) is 57.8 cm³/mol. The summed E-state index contributed by atoms with van der Waals surface area (Å²) in [6.07, 6.45) is 5.14. The Kier molecular flexibility index (Phi) is 8.17. The predicted octanol–water partition coefficient (Wildman–Crippen LogP) is 0.896. The van der Waals surface area contributed by atoms with Gasteiger partial charge in [-0.3, -0.25) is 0 Å². The van der Waals surface area contributed by atoms with Gasteiger partial charge in [0.2, 0.25) is 0 Å². The summed E-state index contributed by atoms with van der Waals surface area (Å²) in [5.74, 6) is 0. The van der Waals surface area contributed by atoms with Crippen LogP contribution >= 0.6 is 0 Å². The third-order valence-corrected chi connectivity index (χ3v) is 4.67. The highest BCUT2D eigenvalue weighted by atomic mass is 32.2. The summed E-state index contributed by atoms with van der Waals surface area (Å²) < 4.78 is 40.9. The Labute approximate surface area is 88.6 Å². The highest BCUT2D eigenvalue weighted by Gasteiger charge is 2.13. The summed E-state index contributed by atoms with van der Waals surface area (Å²) in [4.78, 5) is 0. The minimum absolute atomic E-state index is 0.251. The van der Waals surface area contributed by atoms with Crippen LogP contribution in [-0.4, -0.2) is 21.4 Å². The maximum atomic E-state index is 10.5. The molecule has 86 valence electrons. The highest BCUT2D eigenvalue weighted by Crippen LogP contribution is 2.09. The topological polar surface area (TPSA) is 68.3 Å². The molecule has 0 fully saturated rings. The van der Waals surface area contributed by atoms with Gasteiger partial charge in [-0.15, -0.1) is 0 Å². The second-order valence-electron chi connectivity index (χ2n) is 3.25. The average molecular weight is 242 g/mol. The highest BCUT2D eigenvalue weighted by molar-refractivity contribution is 7.91. The molecule has 0 spiro atoms. The van der Waals surface area contributed by atoms with Crippen molar-refractivity contribution in [3.8, 4) is 0 Å². The first-order valence-corrected chi connectivity index (χ1v) is 7.36. The van der Waals surface area contributed by atoms with Crippen LogP contribution in [0.1, 0.15) is 45.4 Å². The lowest BCUT2D eigenvalue weighted by molar-refractivity contribution is 0.574. The average Bonchev–Trinajstić information content (AvgIpc) is 2.09. The van der Waals surface area contributed by atoms with E-state index in [9.17, 15) is 16.8 Å². The fourth-order valence-corrected chi connectivity index (χ4v) is 2.62. The third-order valence-electron chi connectivity index (χ3n) is 2.05. The quantitative estimate of drug-likeness (QED) is 0.490. The van der Waals surface area contributed by atoms with Crippen molar-refractivity contribution in [2.45, 2.75) is 50.0 Å². The van der Waals surface area contributed by atoms with Crippen molar-refractivity contribution in [2.75, 3.05) is 0 Å². The van der Waals surface area contributed by atoms with Crippen molar-refractivity contribution in [1.82, 2.24) is 0 Å². The summed E-state index contributed by atoms with van der Waals surface area (Å²) in [5.41, 5.74) is 0. The van der Waals surface area contributed by atoms with Gasteiger partial charge in [0.1, 0.15) is 0 Å². The van der Waals surface area contributed by atoms with Gasteiger partial charge in [0, 0.05) is 0 Å². The molecule has 0 aromatic carbocycles. The second-order valence-corrected chi connectivity index (χ2v) is 6.05. The van der Waals surface area contributed by atoms with Gasteiger partial charge < -0.3 is 0 Å². The molecule has 0 aromatic heterocycles. The Morgan fingerprint density at radius 3 is 1.79 bits per heavy atom. The number of thiol groups is 2. The van der Waals surface area contributed by atoms with Crippen LogP contribution < -0.4 is 0 Å². The van der Waals surface area contributed by atoms with Crippen LogP contribution in [0.15, 0.2) is 0 Å². The third kappa shape index (κ3) is 6.37. The summed E-state index contributed by atoms with van der Waals surface area (Å²) in [7, 11) is -5.65. The zero-order valence-electron chi connectivity index (χ0n) is 8.35. The Balaban J connectivity index is 3.74. The van der Waals surface area contributed by atoms with Crippen LogP contribution in [0.5, 0.6) is 0 Å². The first kappa shape index (κ1) is 13.9.